The quantitative estimate of drug-likeness (QED) is 0.256. The zero-order valence-corrected chi connectivity index (χ0v) is 21.9. The van der Waals surface area contributed by atoms with Gasteiger partial charge in [0.05, 0.1) is 0 Å². The number of halogens is 6. The first-order chi connectivity index (χ1) is 17.2. The normalized spacial score (nSPS) is 12.9. The minimum absolute atomic E-state index is 0.0798. The molecule has 0 atom stereocenters. The van der Waals surface area contributed by atoms with Crippen LogP contribution in [0.1, 0.15) is 63.8 Å². The Morgan fingerprint density at radius 2 is 0.789 bits per heavy atom. The average Bonchev–Trinajstić information content (AvgIpc) is 2.74. The Hall–Kier alpha value is -3.56. The van der Waals surface area contributed by atoms with Gasteiger partial charge in [-0.15, -0.1) is 0 Å². The van der Waals surface area contributed by atoms with E-state index in [1.165, 1.54) is 24.3 Å². The average molecular weight is 541 g/mol. The topological polar surface area (TPSA) is 70.5 Å². The van der Waals surface area contributed by atoms with Crippen LogP contribution < -0.4 is 20.9 Å². The summed E-state index contributed by atoms with van der Waals surface area (Å²) in [5.41, 5.74) is 8.38. The molecule has 0 fully saturated rings. The second-order valence-corrected chi connectivity index (χ2v) is 11.1. The molecule has 0 radical (unpaired) electrons. The van der Waals surface area contributed by atoms with Gasteiger partial charge in [0.15, 0.2) is 0 Å². The van der Waals surface area contributed by atoms with Crippen LogP contribution in [0, 0.1) is 0 Å². The second-order valence-electron chi connectivity index (χ2n) is 11.1. The zero-order chi connectivity index (χ0) is 28.8. The van der Waals surface area contributed by atoms with E-state index in [1.54, 1.807) is 41.5 Å². The first-order valence-electron chi connectivity index (χ1n) is 11.7. The number of hydrogen-bond donors (Lipinski definition) is 2. The van der Waals surface area contributed by atoms with Crippen LogP contribution >= 0.6 is 0 Å². The fourth-order valence-electron chi connectivity index (χ4n) is 3.85. The Morgan fingerprint density at radius 3 is 1.05 bits per heavy atom. The Morgan fingerprint density at radius 1 is 0.474 bits per heavy atom. The van der Waals surface area contributed by atoms with E-state index in [0.717, 1.165) is 24.3 Å². The van der Waals surface area contributed by atoms with Crippen LogP contribution in [-0.4, -0.2) is 0 Å². The second kappa shape index (κ2) is 9.63. The lowest BCUT2D eigenvalue weighted by atomic mass is 9.80. The molecule has 206 valence electrons. The largest absolute Gasteiger partial charge is 0.456 e. The Kier molecular flexibility index (Phi) is 7.35. The molecule has 4 nitrogen and oxygen atoms in total. The fourth-order valence-corrected chi connectivity index (χ4v) is 3.85. The van der Waals surface area contributed by atoms with Crippen molar-refractivity contribution in [2.75, 3.05) is 11.5 Å². The summed E-state index contributed by atoms with van der Waals surface area (Å²) in [6, 6.07) is 9.45. The summed E-state index contributed by atoms with van der Waals surface area (Å²) in [5, 5.41) is 0. The molecule has 3 aromatic carbocycles. The van der Waals surface area contributed by atoms with Crippen LogP contribution in [0.2, 0.25) is 0 Å². The van der Waals surface area contributed by atoms with Gasteiger partial charge < -0.3 is 20.9 Å². The van der Waals surface area contributed by atoms with Gasteiger partial charge >= 0.3 is 12.4 Å². The van der Waals surface area contributed by atoms with Gasteiger partial charge in [0.25, 0.3) is 0 Å². The molecule has 0 heterocycles. The molecule has 0 amide bonds. The molecule has 3 aromatic rings. The minimum Gasteiger partial charge on any atom is -0.456 e. The van der Waals surface area contributed by atoms with E-state index in [9.17, 15) is 26.3 Å². The number of hydrogen-bond acceptors (Lipinski definition) is 4. The molecule has 0 saturated heterocycles. The number of benzene rings is 3. The SMILES string of the molecule is CC(C)(C)c1cc(Oc2ccc(N)cc2C(F)(F)F)c(C(C)(C)C)cc1Oc1ccc(N)cc1C(F)(F)F. The monoisotopic (exact) mass is 540 g/mol. The molecular formula is C28H30F6N2O2. The van der Waals surface area contributed by atoms with Crippen molar-refractivity contribution in [3.63, 3.8) is 0 Å². The minimum atomic E-state index is -4.73. The van der Waals surface area contributed by atoms with Crippen LogP contribution in [-0.2, 0) is 23.2 Å². The van der Waals surface area contributed by atoms with E-state index in [4.69, 9.17) is 20.9 Å². The van der Waals surface area contributed by atoms with Crippen molar-refractivity contribution >= 4 is 11.4 Å². The third-order valence-electron chi connectivity index (χ3n) is 5.76. The third-order valence-corrected chi connectivity index (χ3v) is 5.76. The molecule has 4 N–H and O–H groups in total. The number of rotatable bonds is 4. The maximum absolute atomic E-state index is 13.7. The molecule has 0 aliphatic carbocycles. The van der Waals surface area contributed by atoms with E-state index in [-0.39, 0.29) is 22.9 Å². The summed E-state index contributed by atoms with van der Waals surface area (Å²) in [5.74, 6) is -0.691. The van der Waals surface area contributed by atoms with Crippen molar-refractivity contribution in [3.05, 3.63) is 70.8 Å². The van der Waals surface area contributed by atoms with Crippen LogP contribution in [0.5, 0.6) is 23.0 Å². The lowest BCUT2D eigenvalue weighted by Gasteiger charge is -2.29. The summed E-state index contributed by atoms with van der Waals surface area (Å²) in [4.78, 5) is 0. The standard InChI is InChI=1S/C28H30F6N2O2/c1-25(2,3)17-13-24(38-22-10-8-16(36)12-20(22)28(32,33)34)18(26(4,5)6)14-23(17)37-21-9-7-15(35)11-19(21)27(29,30)31/h7-14H,35-36H2,1-6H3. The van der Waals surface area contributed by atoms with Crippen molar-refractivity contribution in [1.82, 2.24) is 0 Å². The number of alkyl halides is 6. The summed E-state index contributed by atoms with van der Waals surface area (Å²) < 4.78 is 94.2. The number of nitrogen functional groups attached to an aromatic ring is 2. The van der Waals surface area contributed by atoms with Crippen molar-refractivity contribution in [2.45, 2.75) is 64.7 Å². The first-order valence-corrected chi connectivity index (χ1v) is 11.7. The van der Waals surface area contributed by atoms with Gasteiger partial charge in [-0.05, 0) is 59.4 Å². The van der Waals surface area contributed by atoms with Crippen LogP contribution in [0.4, 0.5) is 37.7 Å². The van der Waals surface area contributed by atoms with Crippen molar-refractivity contribution < 1.29 is 35.8 Å². The van der Waals surface area contributed by atoms with Gasteiger partial charge in [0.1, 0.15) is 34.1 Å². The molecule has 0 aliphatic rings. The Balaban J connectivity index is 2.25. The highest BCUT2D eigenvalue weighted by Gasteiger charge is 2.37. The third kappa shape index (κ3) is 6.46. The van der Waals surface area contributed by atoms with Crippen LogP contribution in [0.15, 0.2) is 48.5 Å². The van der Waals surface area contributed by atoms with E-state index in [0.29, 0.717) is 11.1 Å². The Labute approximate surface area is 217 Å². The summed E-state index contributed by atoms with van der Waals surface area (Å²) >= 11 is 0. The van der Waals surface area contributed by atoms with Crippen molar-refractivity contribution in [1.29, 1.82) is 0 Å². The summed E-state index contributed by atoms with van der Waals surface area (Å²) in [6.07, 6.45) is -9.46. The van der Waals surface area contributed by atoms with Crippen LogP contribution in [0.25, 0.3) is 0 Å². The van der Waals surface area contributed by atoms with Crippen LogP contribution in [0.3, 0.4) is 0 Å². The maximum Gasteiger partial charge on any atom is 0.420 e. The molecule has 0 aliphatic heterocycles. The van der Waals surface area contributed by atoms with Gasteiger partial charge in [-0.1, -0.05) is 41.5 Å². The molecule has 0 spiro atoms. The number of ether oxygens (including phenoxy) is 2. The highest BCUT2D eigenvalue weighted by molar-refractivity contribution is 5.57. The van der Waals surface area contributed by atoms with Gasteiger partial charge in [-0.2, -0.15) is 26.3 Å². The van der Waals surface area contributed by atoms with Gasteiger partial charge in [0.2, 0.25) is 0 Å². The Bertz CT molecular complexity index is 1230. The van der Waals surface area contributed by atoms with E-state index < -0.39 is 45.8 Å². The van der Waals surface area contributed by atoms with Crippen molar-refractivity contribution in [2.24, 2.45) is 0 Å². The van der Waals surface area contributed by atoms with Crippen molar-refractivity contribution in [3.8, 4) is 23.0 Å². The molecule has 0 saturated carbocycles. The fraction of sp³-hybridized carbons (Fsp3) is 0.357. The molecular weight excluding hydrogens is 510 g/mol. The summed E-state index contributed by atoms with van der Waals surface area (Å²) in [6.45, 7) is 10.8. The summed E-state index contributed by atoms with van der Waals surface area (Å²) in [7, 11) is 0. The molecule has 0 bridgehead atoms. The van der Waals surface area contributed by atoms with E-state index in [2.05, 4.69) is 0 Å². The highest BCUT2D eigenvalue weighted by atomic mass is 19.4. The van der Waals surface area contributed by atoms with Gasteiger partial charge in [-0.3, -0.25) is 0 Å². The first kappa shape index (κ1) is 29.0. The molecule has 0 aromatic heterocycles. The maximum atomic E-state index is 13.7. The van der Waals surface area contributed by atoms with Gasteiger partial charge in [0, 0.05) is 22.5 Å². The highest BCUT2D eigenvalue weighted by Crippen LogP contribution is 2.47. The predicted octanol–water partition coefficient (Wildman–Crippen LogP) is 9.07. The van der Waals surface area contributed by atoms with Gasteiger partial charge in [-0.25, -0.2) is 0 Å². The zero-order valence-electron chi connectivity index (χ0n) is 21.9. The molecule has 38 heavy (non-hydrogen) atoms. The lowest BCUT2D eigenvalue weighted by Crippen LogP contribution is -2.18. The molecule has 0 unspecified atom stereocenters. The lowest BCUT2D eigenvalue weighted by molar-refractivity contribution is -0.139. The molecule has 3 rings (SSSR count). The smallest absolute Gasteiger partial charge is 0.420 e. The number of nitrogens with two attached hydrogens (primary N) is 2. The van der Waals surface area contributed by atoms with E-state index >= 15 is 0 Å². The predicted molar refractivity (Wildman–Crippen MR) is 136 cm³/mol. The number of anilines is 2. The van der Waals surface area contributed by atoms with E-state index in [1.807, 2.05) is 0 Å². The molecule has 10 heteroatoms.